The van der Waals surface area contributed by atoms with Crippen molar-refractivity contribution in [1.82, 2.24) is 4.57 Å². The minimum Gasteiger partial charge on any atom is -0.408 e. The van der Waals surface area contributed by atoms with E-state index in [0.717, 1.165) is 5.56 Å². The summed E-state index contributed by atoms with van der Waals surface area (Å²) in [6.45, 7) is 1.64. The van der Waals surface area contributed by atoms with Gasteiger partial charge in [-0.15, -0.1) is 0 Å². The van der Waals surface area contributed by atoms with E-state index in [-0.39, 0.29) is 4.83 Å². The maximum atomic E-state index is 11.6. The van der Waals surface area contributed by atoms with Gasteiger partial charge in [-0.05, 0) is 24.6 Å². The van der Waals surface area contributed by atoms with Crippen LogP contribution >= 0.6 is 15.9 Å². The number of hydrogen-bond acceptors (Lipinski definition) is 4. The molecule has 5 nitrogen and oxygen atoms in total. The van der Waals surface area contributed by atoms with Gasteiger partial charge in [0, 0.05) is 13.3 Å². The monoisotopic (exact) mass is 347 g/mol. The summed E-state index contributed by atoms with van der Waals surface area (Å²) in [6.07, 6.45) is 1.20. The first-order valence-electron chi connectivity index (χ1n) is 5.64. The summed E-state index contributed by atoms with van der Waals surface area (Å²) in [5.74, 6) is -0.436. The smallest absolute Gasteiger partial charge is 0.408 e. The Morgan fingerprint density at radius 1 is 1.37 bits per heavy atom. The number of halogens is 1. The molecule has 0 amide bonds. The van der Waals surface area contributed by atoms with Crippen molar-refractivity contribution < 1.29 is 12.8 Å². The van der Waals surface area contributed by atoms with Crippen molar-refractivity contribution in [1.29, 1.82) is 0 Å². The third-order valence-electron chi connectivity index (χ3n) is 3.22. The molecule has 1 aromatic heterocycles. The number of rotatable bonds is 3. The van der Waals surface area contributed by atoms with E-state index in [1.807, 2.05) is 0 Å². The molecule has 7 heteroatoms. The van der Waals surface area contributed by atoms with Crippen LogP contribution in [-0.4, -0.2) is 24.5 Å². The van der Waals surface area contributed by atoms with Crippen molar-refractivity contribution in [3.8, 4) is 0 Å². The van der Waals surface area contributed by atoms with E-state index in [2.05, 4.69) is 15.9 Å². The molecular weight excluding hydrogens is 334 g/mol. The van der Waals surface area contributed by atoms with Crippen LogP contribution in [-0.2, 0) is 16.9 Å². The molecule has 1 aromatic carbocycles. The molecule has 0 spiro atoms. The quantitative estimate of drug-likeness (QED) is 0.796. The molecule has 0 aliphatic rings. The molecule has 0 fully saturated rings. The molecule has 1 heterocycles. The number of nitrogens with zero attached hydrogens (tertiary/aromatic N) is 1. The lowest BCUT2D eigenvalue weighted by molar-refractivity contribution is 0.527. The number of hydrogen-bond donors (Lipinski definition) is 0. The molecule has 0 N–H and O–H groups in total. The molecule has 19 heavy (non-hydrogen) atoms. The zero-order valence-electron chi connectivity index (χ0n) is 10.8. The molecule has 0 aliphatic carbocycles. The Balaban J connectivity index is 2.50. The molecule has 0 saturated carbocycles. The van der Waals surface area contributed by atoms with Gasteiger partial charge >= 0.3 is 5.76 Å². The first-order valence-corrected chi connectivity index (χ1v) is 8.51. The van der Waals surface area contributed by atoms with Gasteiger partial charge in [-0.25, -0.2) is 13.2 Å². The van der Waals surface area contributed by atoms with Crippen LogP contribution in [0.3, 0.4) is 0 Å². The summed E-state index contributed by atoms with van der Waals surface area (Å²) in [5, 5.41) is -0.569. The maximum absolute atomic E-state index is 11.6. The van der Waals surface area contributed by atoms with Gasteiger partial charge in [-0.2, -0.15) is 0 Å². The van der Waals surface area contributed by atoms with Gasteiger partial charge in [0.25, 0.3) is 0 Å². The fourth-order valence-corrected chi connectivity index (χ4v) is 3.86. The van der Waals surface area contributed by atoms with Gasteiger partial charge in [0.05, 0.1) is 15.6 Å². The maximum Gasteiger partial charge on any atom is 0.419 e. The Kier molecular flexibility index (Phi) is 3.61. The van der Waals surface area contributed by atoms with Crippen LogP contribution in [0.1, 0.15) is 17.3 Å². The van der Waals surface area contributed by atoms with E-state index >= 15 is 0 Å². The SMILES string of the molecule is CC(C(Br)c1ccc2c(c1)oc(=O)n2C)S(C)(=O)=O. The molecule has 2 aromatic rings. The molecular formula is C12H14BrNO4S. The number of sulfone groups is 1. The van der Waals surface area contributed by atoms with Gasteiger partial charge in [0.1, 0.15) is 0 Å². The lowest BCUT2D eigenvalue weighted by atomic mass is 10.1. The van der Waals surface area contributed by atoms with Gasteiger partial charge in [-0.1, -0.05) is 22.0 Å². The second-order valence-corrected chi connectivity index (χ2v) is 7.98. The average molecular weight is 348 g/mol. The van der Waals surface area contributed by atoms with Crippen LogP contribution in [0.4, 0.5) is 0 Å². The molecule has 0 aliphatic heterocycles. The third-order valence-corrected chi connectivity index (χ3v) is 6.52. The Labute approximate surface area is 119 Å². The number of fused-ring (bicyclic) bond motifs is 1. The second-order valence-electron chi connectivity index (χ2n) is 4.59. The third kappa shape index (κ3) is 2.62. The van der Waals surface area contributed by atoms with Crippen LogP contribution in [0.15, 0.2) is 27.4 Å². The topological polar surface area (TPSA) is 69.3 Å². The Hall–Kier alpha value is -1.08. The highest BCUT2D eigenvalue weighted by molar-refractivity contribution is 9.09. The van der Waals surface area contributed by atoms with E-state index in [0.29, 0.717) is 11.1 Å². The standard InChI is InChI=1S/C12H14BrNO4S/c1-7(19(3,16)17)11(13)8-4-5-9-10(6-8)18-12(15)14(9)2/h4-7,11H,1-3H3. The summed E-state index contributed by atoms with van der Waals surface area (Å²) in [6, 6.07) is 5.23. The number of benzene rings is 1. The van der Waals surface area contributed by atoms with Gasteiger partial charge in [0.15, 0.2) is 15.4 Å². The molecule has 104 valence electrons. The van der Waals surface area contributed by atoms with Gasteiger partial charge < -0.3 is 4.42 Å². The minimum atomic E-state index is -3.15. The molecule has 0 radical (unpaired) electrons. The predicted octanol–water partition coefficient (Wildman–Crippen LogP) is 2.00. The van der Waals surface area contributed by atoms with Crippen LogP contribution in [0.5, 0.6) is 0 Å². The van der Waals surface area contributed by atoms with Gasteiger partial charge in [-0.3, -0.25) is 4.57 Å². The van der Waals surface area contributed by atoms with Crippen molar-refractivity contribution in [2.24, 2.45) is 7.05 Å². The highest BCUT2D eigenvalue weighted by Gasteiger charge is 2.25. The predicted molar refractivity (Wildman–Crippen MR) is 77.4 cm³/mol. The van der Waals surface area contributed by atoms with Crippen molar-refractivity contribution in [3.63, 3.8) is 0 Å². The fourth-order valence-electron chi connectivity index (χ4n) is 1.81. The van der Waals surface area contributed by atoms with Crippen LogP contribution in [0.25, 0.3) is 11.1 Å². The second kappa shape index (κ2) is 4.79. The van der Waals surface area contributed by atoms with Crippen molar-refractivity contribution in [3.05, 3.63) is 34.3 Å². The fraction of sp³-hybridized carbons (Fsp3) is 0.417. The van der Waals surface area contributed by atoms with Crippen LogP contribution < -0.4 is 5.76 Å². The van der Waals surface area contributed by atoms with Crippen LogP contribution in [0, 0.1) is 0 Å². The van der Waals surface area contributed by atoms with E-state index in [1.54, 1.807) is 32.2 Å². The molecule has 0 bridgehead atoms. The lowest BCUT2D eigenvalue weighted by Gasteiger charge is -2.16. The van der Waals surface area contributed by atoms with E-state index in [4.69, 9.17) is 4.42 Å². The Bertz CT molecular complexity index is 775. The number of alkyl halides is 1. The zero-order valence-corrected chi connectivity index (χ0v) is 13.2. The average Bonchev–Trinajstić information content (AvgIpc) is 2.61. The summed E-state index contributed by atoms with van der Waals surface area (Å²) >= 11 is 3.39. The van der Waals surface area contributed by atoms with Crippen molar-refractivity contribution in [2.45, 2.75) is 17.0 Å². The minimum absolute atomic E-state index is 0.350. The molecule has 2 atom stereocenters. The largest absolute Gasteiger partial charge is 0.419 e. The summed E-state index contributed by atoms with van der Waals surface area (Å²) in [4.78, 5) is 11.1. The summed E-state index contributed by atoms with van der Waals surface area (Å²) < 4.78 is 29.6. The Morgan fingerprint density at radius 3 is 2.58 bits per heavy atom. The highest BCUT2D eigenvalue weighted by Crippen LogP contribution is 2.31. The molecule has 2 rings (SSSR count). The normalized spacial score (nSPS) is 15.6. The van der Waals surface area contributed by atoms with E-state index < -0.39 is 20.8 Å². The lowest BCUT2D eigenvalue weighted by Crippen LogP contribution is -2.20. The number of aromatic nitrogens is 1. The summed E-state index contributed by atoms with van der Waals surface area (Å²) in [5.41, 5.74) is 1.90. The van der Waals surface area contributed by atoms with Gasteiger partial charge in [0.2, 0.25) is 0 Å². The zero-order chi connectivity index (χ0) is 14.4. The summed E-state index contributed by atoms with van der Waals surface area (Å²) in [7, 11) is -1.53. The van der Waals surface area contributed by atoms with Crippen molar-refractivity contribution in [2.75, 3.05) is 6.26 Å². The Morgan fingerprint density at radius 2 is 2.00 bits per heavy atom. The number of oxazole rings is 1. The van der Waals surface area contributed by atoms with Crippen molar-refractivity contribution >= 4 is 36.9 Å². The van der Waals surface area contributed by atoms with Crippen LogP contribution in [0.2, 0.25) is 0 Å². The molecule has 2 unspecified atom stereocenters. The van der Waals surface area contributed by atoms with E-state index in [1.165, 1.54) is 10.8 Å². The highest BCUT2D eigenvalue weighted by atomic mass is 79.9. The first-order chi connectivity index (χ1) is 8.71. The molecule has 0 saturated heterocycles. The first kappa shape index (κ1) is 14.3. The number of aryl methyl sites for hydroxylation is 1. The van der Waals surface area contributed by atoms with E-state index in [9.17, 15) is 13.2 Å².